The van der Waals surface area contributed by atoms with Crippen LogP contribution in [0, 0.1) is 0 Å². The summed E-state index contributed by atoms with van der Waals surface area (Å²) < 4.78 is 5.45. The summed E-state index contributed by atoms with van der Waals surface area (Å²) in [5, 5.41) is 0. The Kier molecular flexibility index (Phi) is 4.51. The maximum absolute atomic E-state index is 11.8. The van der Waals surface area contributed by atoms with E-state index in [1.807, 2.05) is 20.8 Å². The Bertz CT molecular complexity index is 289. The molecule has 0 aromatic rings. The number of carbonyl (C=O) groups excluding carboxylic acids is 2. The molecule has 0 spiro atoms. The maximum Gasteiger partial charge on any atom is 0.248 e. The van der Waals surface area contributed by atoms with Gasteiger partial charge in [0.25, 0.3) is 0 Å². The predicted molar refractivity (Wildman–Crippen MR) is 64.5 cm³/mol. The van der Waals surface area contributed by atoms with Crippen molar-refractivity contribution in [3.05, 3.63) is 0 Å². The van der Waals surface area contributed by atoms with Crippen molar-refractivity contribution >= 4 is 11.8 Å². The van der Waals surface area contributed by atoms with Gasteiger partial charge in [0.05, 0.1) is 5.60 Å². The molecule has 1 heterocycles. The first-order valence-electron chi connectivity index (χ1n) is 5.97. The molecule has 0 aliphatic carbocycles. The van der Waals surface area contributed by atoms with Crippen LogP contribution in [0.15, 0.2) is 0 Å². The smallest absolute Gasteiger partial charge is 0.248 e. The second-order valence-electron chi connectivity index (χ2n) is 5.29. The van der Waals surface area contributed by atoms with Crippen LogP contribution >= 0.6 is 0 Å². The van der Waals surface area contributed by atoms with E-state index in [4.69, 9.17) is 4.74 Å². The fourth-order valence-corrected chi connectivity index (χ4v) is 1.64. The van der Waals surface area contributed by atoms with E-state index in [2.05, 4.69) is 0 Å². The number of nitrogens with zero attached hydrogens (tertiary/aromatic N) is 2. The van der Waals surface area contributed by atoms with Crippen molar-refractivity contribution in [2.24, 2.45) is 0 Å². The van der Waals surface area contributed by atoms with Crippen LogP contribution in [0.2, 0.25) is 0 Å². The van der Waals surface area contributed by atoms with Gasteiger partial charge in [0.15, 0.2) is 0 Å². The fourth-order valence-electron chi connectivity index (χ4n) is 1.64. The summed E-state index contributed by atoms with van der Waals surface area (Å²) in [7, 11) is 0. The zero-order valence-electron chi connectivity index (χ0n) is 11.2. The Morgan fingerprint density at radius 2 is 1.53 bits per heavy atom. The lowest BCUT2D eigenvalue weighted by Crippen LogP contribution is -2.51. The molecule has 0 aromatic carbocycles. The minimum Gasteiger partial charge on any atom is -0.366 e. The average Bonchev–Trinajstić information content (AvgIpc) is 2.25. The van der Waals surface area contributed by atoms with Crippen molar-refractivity contribution in [2.75, 3.05) is 32.8 Å². The summed E-state index contributed by atoms with van der Waals surface area (Å²) in [5.74, 6) is 0.0752. The SMILES string of the molecule is CC(=O)N1CCN(C(=O)COC(C)(C)C)CC1. The molecule has 1 aliphatic heterocycles. The highest BCUT2D eigenvalue weighted by Gasteiger charge is 2.23. The minimum atomic E-state index is -0.295. The topological polar surface area (TPSA) is 49.9 Å². The van der Waals surface area contributed by atoms with E-state index in [1.165, 1.54) is 0 Å². The van der Waals surface area contributed by atoms with Crippen molar-refractivity contribution in [1.29, 1.82) is 0 Å². The molecule has 1 fully saturated rings. The second kappa shape index (κ2) is 5.49. The van der Waals surface area contributed by atoms with E-state index >= 15 is 0 Å². The highest BCUT2D eigenvalue weighted by Crippen LogP contribution is 2.08. The molecule has 1 rings (SSSR count). The predicted octanol–water partition coefficient (Wildman–Crippen LogP) is 0.492. The lowest BCUT2D eigenvalue weighted by atomic mass is 10.2. The first-order chi connectivity index (χ1) is 7.79. The largest absolute Gasteiger partial charge is 0.366 e. The number of carbonyl (C=O) groups is 2. The van der Waals surface area contributed by atoms with Crippen LogP contribution in [-0.4, -0.2) is 60.0 Å². The van der Waals surface area contributed by atoms with Gasteiger partial charge >= 0.3 is 0 Å². The third-order valence-corrected chi connectivity index (χ3v) is 2.71. The number of piperazine rings is 1. The van der Waals surface area contributed by atoms with E-state index in [1.54, 1.807) is 16.7 Å². The molecule has 0 atom stereocenters. The van der Waals surface area contributed by atoms with Crippen molar-refractivity contribution in [3.63, 3.8) is 0 Å². The van der Waals surface area contributed by atoms with E-state index in [0.29, 0.717) is 26.2 Å². The van der Waals surface area contributed by atoms with Gasteiger partial charge in [-0.15, -0.1) is 0 Å². The van der Waals surface area contributed by atoms with Gasteiger partial charge in [-0.1, -0.05) is 0 Å². The van der Waals surface area contributed by atoms with E-state index in [9.17, 15) is 9.59 Å². The quantitative estimate of drug-likeness (QED) is 0.708. The molecular formula is C12H22N2O3. The summed E-state index contributed by atoms with van der Waals surface area (Å²) in [6.07, 6.45) is 0. The van der Waals surface area contributed by atoms with Crippen molar-refractivity contribution in [2.45, 2.75) is 33.3 Å². The number of amides is 2. The van der Waals surface area contributed by atoms with Crippen LogP contribution in [-0.2, 0) is 14.3 Å². The number of rotatable bonds is 2. The Labute approximate surface area is 103 Å². The Morgan fingerprint density at radius 1 is 1.06 bits per heavy atom. The van der Waals surface area contributed by atoms with Crippen molar-refractivity contribution in [3.8, 4) is 0 Å². The third kappa shape index (κ3) is 4.73. The molecule has 0 radical (unpaired) electrons. The Morgan fingerprint density at radius 3 is 1.94 bits per heavy atom. The molecule has 1 saturated heterocycles. The fraction of sp³-hybridized carbons (Fsp3) is 0.833. The van der Waals surface area contributed by atoms with Crippen LogP contribution < -0.4 is 0 Å². The summed E-state index contributed by atoms with van der Waals surface area (Å²) in [4.78, 5) is 26.5. The molecule has 17 heavy (non-hydrogen) atoms. The minimum absolute atomic E-state index is 0.00290. The molecule has 2 amide bonds. The highest BCUT2D eigenvalue weighted by molar-refractivity contribution is 5.78. The third-order valence-electron chi connectivity index (χ3n) is 2.71. The number of hydrogen-bond acceptors (Lipinski definition) is 3. The van der Waals surface area contributed by atoms with Crippen molar-refractivity contribution < 1.29 is 14.3 Å². The lowest BCUT2D eigenvalue weighted by molar-refractivity contribution is -0.145. The zero-order valence-corrected chi connectivity index (χ0v) is 11.2. The first kappa shape index (κ1) is 14.0. The molecule has 0 unspecified atom stereocenters. The summed E-state index contributed by atoms with van der Waals surface area (Å²) in [5.41, 5.74) is -0.295. The number of ether oxygens (including phenoxy) is 1. The summed E-state index contributed by atoms with van der Waals surface area (Å²) in [6, 6.07) is 0. The van der Waals surface area contributed by atoms with Crippen LogP contribution in [0.3, 0.4) is 0 Å². The average molecular weight is 242 g/mol. The summed E-state index contributed by atoms with van der Waals surface area (Å²) in [6.45, 7) is 9.89. The standard InChI is InChI=1S/C12H22N2O3/c1-10(15)13-5-7-14(8-6-13)11(16)9-17-12(2,3)4/h5-9H2,1-4H3. The lowest BCUT2D eigenvalue weighted by Gasteiger charge is -2.34. The highest BCUT2D eigenvalue weighted by atomic mass is 16.5. The van der Waals surface area contributed by atoms with Gasteiger partial charge in [-0.05, 0) is 20.8 Å². The summed E-state index contributed by atoms with van der Waals surface area (Å²) >= 11 is 0. The monoisotopic (exact) mass is 242 g/mol. The Balaban J connectivity index is 2.33. The van der Waals surface area contributed by atoms with Gasteiger partial charge < -0.3 is 14.5 Å². The molecule has 0 saturated carbocycles. The van der Waals surface area contributed by atoms with Gasteiger partial charge in [-0.2, -0.15) is 0 Å². The maximum atomic E-state index is 11.8. The molecule has 0 N–H and O–H groups in total. The molecule has 98 valence electrons. The molecule has 5 nitrogen and oxygen atoms in total. The molecule has 0 aromatic heterocycles. The molecular weight excluding hydrogens is 220 g/mol. The molecule has 0 bridgehead atoms. The zero-order chi connectivity index (χ0) is 13.1. The number of hydrogen-bond donors (Lipinski definition) is 0. The van der Waals surface area contributed by atoms with Gasteiger partial charge in [0.2, 0.25) is 11.8 Å². The van der Waals surface area contributed by atoms with Gasteiger partial charge in [0, 0.05) is 33.1 Å². The van der Waals surface area contributed by atoms with E-state index in [0.717, 1.165) is 0 Å². The van der Waals surface area contributed by atoms with Crippen LogP contribution in [0.5, 0.6) is 0 Å². The Hall–Kier alpha value is -1.10. The first-order valence-corrected chi connectivity index (χ1v) is 5.97. The molecule has 1 aliphatic rings. The van der Waals surface area contributed by atoms with E-state index < -0.39 is 0 Å². The van der Waals surface area contributed by atoms with Gasteiger partial charge in [-0.25, -0.2) is 0 Å². The molecule has 5 heteroatoms. The second-order valence-corrected chi connectivity index (χ2v) is 5.29. The van der Waals surface area contributed by atoms with Gasteiger partial charge in [0.1, 0.15) is 6.61 Å². The van der Waals surface area contributed by atoms with Crippen LogP contribution in [0.4, 0.5) is 0 Å². The van der Waals surface area contributed by atoms with Gasteiger partial charge in [-0.3, -0.25) is 9.59 Å². The van der Waals surface area contributed by atoms with Crippen LogP contribution in [0.25, 0.3) is 0 Å². The van der Waals surface area contributed by atoms with E-state index in [-0.39, 0.29) is 24.0 Å². The van der Waals surface area contributed by atoms with Crippen LogP contribution in [0.1, 0.15) is 27.7 Å². The van der Waals surface area contributed by atoms with Crippen molar-refractivity contribution in [1.82, 2.24) is 9.80 Å². The normalized spacial score (nSPS) is 17.2.